The monoisotopic (exact) mass is 257 g/mol. The maximum atomic E-state index is 11.9. The van der Waals surface area contributed by atoms with Crippen molar-refractivity contribution in [2.45, 2.75) is 26.3 Å². The van der Waals surface area contributed by atoms with E-state index in [1.54, 1.807) is 6.92 Å². The summed E-state index contributed by atoms with van der Waals surface area (Å²) in [5.74, 6) is -0.297. The molecule has 1 rings (SSSR count). The molecule has 1 fully saturated rings. The van der Waals surface area contributed by atoms with Crippen molar-refractivity contribution in [1.29, 1.82) is 0 Å². The van der Waals surface area contributed by atoms with Crippen LogP contribution in [-0.4, -0.2) is 62.1 Å². The van der Waals surface area contributed by atoms with Crippen molar-refractivity contribution in [3.05, 3.63) is 0 Å². The summed E-state index contributed by atoms with van der Waals surface area (Å²) >= 11 is 0. The minimum absolute atomic E-state index is 0.0267. The number of nitrogens with zero attached hydrogens (tertiary/aromatic N) is 1. The average Bonchev–Trinajstić information content (AvgIpc) is 2.39. The number of carbonyl (C=O) groups excluding carboxylic acids is 2. The molecule has 1 aliphatic heterocycles. The van der Waals surface area contributed by atoms with Crippen molar-refractivity contribution in [3.63, 3.8) is 0 Å². The van der Waals surface area contributed by atoms with Crippen molar-refractivity contribution in [1.82, 2.24) is 15.5 Å². The topological polar surface area (TPSA) is 70.7 Å². The van der Waals surface area contributed by atoms with E-state index in [1.807, 2.05) is 6.92 Å². The second-order valence-corrected chi connectivity index (χ2v) is 4.31. The number of carbonyl (C=O) groups is 2. The van der Waals surface area contributed by atoms with Gasteiger partial charge in [0.1, 0.15) is 0 Å². The number of rotatable bonds is 6. The van der Waals surface area contributed by atoms with Gasteiger partial charge in [0, 0.05) is 32.7 Å². The molecule has 0 aliphatic carbocycles. The number of hydrogen-bond donors (Lipinski definition) is 2. The molecular weight excluding hydrogens is 234 g/mol. The Morgan fingerprint density at radius 2 is 2.06 bits per heavy atom. The molecule has 1 unspecified atom stereocenters. The Morgan fingerprint density at radius 3 is 2.67 bits per heavy atom. The summed E-state index contributed by atoms with van der Waals surface area (Å²) in [6.45, 7) is 7.98. The molecule has 6 heteroatoms. The van der Waals surface area contributed by atoms with Crippen LogP contribution in [0.15, 0.2) is 0 Å². The number of piperazine rings is 1. The molecule has 18 heavy (non-hydrogen) atoms. The molecule has 0 bridgehead atoms. The predicted octanol–water partition coefficient (Wildman–Crippen LogP) is -0.650. The van der Waals surface area contributed by atoms with Crippen LogP contribution < -0.4 is 10.6 Å². The Kier molecular flexibility index (Phi) is 6.67. The van der Waals surface area contributed by atoms with Gasteiger partial charge in [-0.1, -0.05) is 0 Å². The highest BCUT2D eigenvalue weighted by Crippen LogP contribution is 2.00. The van der Waals surface area contributed by atoms with Gasteiger partial charge in [-0.15, -0.1) is 0 Å². The number of hydrogen-bond acceptors (Lipinski definition) is 5. The number of esters is 1. The fourth-order valence-corrected chi connectivity index (χ4v) is 1.90. The third-order valence-corrected chi connectivity index (χ3v) is 3.01. The molecule has 0 radical (unpaired) electrons. The summed E-state index contributed by atoms with van der Waals surface area (Å²) in [7, 11) is 0. The van der Waals surface area contributed by atoms with Crippen molar-refractivity contribution in [3.8, 4) is 0 Å². The Hall–Kier alpha value is -1.14. The summed E-state index contributed by atoms with van der Waals surface area (Å²) in [5, 5.41) is 6.01. The third kappa shape index (κ3) is 5.01. The van der Waals surface area contributed by atoms with Crippen LogP contribution in [0.2, 0.25) is 0 Å². The molecule has 1 saturated heterocycles. The molecule has 0 spiro atoms. The van der Waals surface area contributed by atoms with Crippen LogP contribution in [0.5, 0.6) is 0 Å². The van der Waals surface area contributed by atoms with Gasteiger partial charge in [0.25, 0.3) is 0 Å². The van der Waals surface area contributed by atoms with E-state index >= 15 is 0 Å². The molecule has 1 amide bonds. The largest absolute Gasteiger partial charge is 0.466 e. The van der Waals surface area contributed by atoms with Gasteiger partial charge in [0.15, 0.2) is 0 Å². The quantitative estimate of drug-likeness (QED) is 0.619. The Labute approximate surface area is 108 Å². The SMILES string of the molecule is CCOC(=O)CCNC(=O)C(C)N1CCNCC1. The van der Waals surface area contributed by atoms with E-state index in [9.17, 15) is 9.59 Å². The van der Waals surface area contributed by atoms with Gasteiger partial charge in [-0.05, 0) is 13.8 Å². The minimum atomic E-state index is -0.271. The van der Waals surface area contributed by atoms with Crippen LogP contribution in [-0.2, 0) is 14.3 Å². The van der Waals surface area contributed by atoms with E-state index < -0.39 is 0 Å². The van der Waals surface area contributed by atoms with Gasteiger partial charge in [-0.2, -0.15) is 0 Å². The van der Waals surface area contributed by atoms with Gasteiger partial charge in [-0.25, -0.2) is 0 Å². The lowest BCUT2D eigenvalue weighted by Gasteiger charge is -2.31. The second-order valence-electron chi connectivity index (χ2n) is 4.31. The molecule has 6 nitrogen and oxygen atoms in total. The number of ether oxygens (including phenoxy) is 1. The second kappa shape index (κ2) is 8.05. The van der Waals surface area contributed by atoms with E-state index in [0.717, 1.165) is 26.2 Å². The van der Waals surface area contributed by atoms with Gasteiger partial charge in [0.05, 0.1) is 19.1 Å². The summed E-state index contributed by atoms with van der Waals surface area (Å²) in [5.41, 5.74) is 0. The maximum Gasteiger partial charge on any atom is 0.307 e. The fourth-order valence-electron chi connectivity index (χ4n) is 1.90. The van der Waals surface area contributed by atoms with E-state index in [1.165, 1.54) is 0 Å². The zero-order chi connectivity index (χ0) is 13.4. The molecule has 0 saturated carbocycles. The molecule has 1 atom stereocenters. The van der Waals surface area contributed by atoms with Crippen LogP contribution in [0.1, 0.15) is 20.3 Å². The van der Waals surface area contributed by atoms with Gasteiger partial charge < -0.3 is 15.4 Å². The first kappa shape index (κ1) is 14.9. The number of amides is 1. The Morgan fingerprint density at radius 1 is 1.39 bits per heavy atom. The average molecular weight is 257 g/mol. The summed E-state index contributed by atoms with van der Waals surface area (Å²) in [6, 6.07) is -0.144. The van der Waals surface area contributed by atoms with Crippen LogP contribution >= 0.6 is 0 Å². The predicted molar refractivity (Wildman–Crippen MR) is 68.2 cm³/mol. The van der Waals surface area contributed by atoms with Crippen LogP contribution in [0.4, 0.5) is 0 Å². The number of nitrogens with one attached hydrogen (secondary N) is 2. The molecule has 1 heterocycles. The Balaban J connectivity index is 2.20. The summed E-state index contributed by atoms with van der Waals surface area (Å²) in [6.07, 6.45) is 0.230. The fraction of sp³-hybridized carbons (Fsp3) is 0.833. The van der Waals surface area contributed by atoms with Gasteiger partial charge >= 0.3 is 5.97 Å². The molecule has 2 N–H and O–H groups in total. The lowest BCUT2D eigenvalue weighted by Crippen LogP contribution is -2.52. The first-order valence-electron chi connectivity index (χ1n) is 6.53. The summed E-state index contributed by atoms with van der Waals surface area (Å²) < 4.78 is 4.79. The molecule has 0 aromatic heterocycles. The highest BCUT2D eigenvalue weighted by atomic mass is 16.5. The molecular formula is C12H23N3O3. The maximum absolute atomic E-state index is 11.9. The lowest BCUT2D eigenvalue weighted by molar-refractivity contribution is -0.143. The molecule has 0 aromatic rings. The molecule has 104 valence electrons. The van der Waals surface area contributed by atoms with Gasteiger partial charge in [0.2, 0.25) is 5.91 Å². The van der Waals surface area contributed by atoms with E-state index in [0.29, 0.717) is 13.2 Å². The van der Waals surface area contributed by atoms with Crippen molar-refractivity contribution < 1.29 is 14.3 Å². The van der Waals surface area contributed by atoms with Crippen molar-refractivity contribution in [2.75, 3.05) is 39.3 Å². The van der Waals surface area contributed by atoms with E-state index in [4.69, 9.17) is 4.74 Å². The summed E-state index contributed by atoms with van der Waals surface area (Å²) in [4.78, 5) is 25.1. The molecule has 0 aromatic carbocycles. The minimum Gasteiger partial charge on any atom is -0.466 e. The third-order valence-electron chi connectivity index (χ3n) is 3.01. The molecule has 1 aliphatic rings. The standard InChI is InChI=1S/C12H23N3O3/c1-3-18-11(16)4-5-14-12(17)10(2)15-8-6-13-7-9-15/h10,13H,3-9H2,1-2H3,(H,14,17). The Bertz CT molecular complexity index is 278. The van der Waals surface area contributed by atoms with Crippen LogP contribution in [0, 0.1) is 0 Å². The first-order chi connectivity index (χ1) is 8.65. The van der Waals surface area contributed by atoms with E-state index in [-0.39, 0.29) is 24.3 Å². The normalized spacial score (nSPS) is 18.1. The lowest BCUT2D eigenvalue weighted by atomic mass is 10.2. The highest BCUT2D eigenvalue weighted by Gasteiger charge is 2.22. The zero-order valence-corrected chi connectivity index (χ0v) is 11.2. The van der Waals surface area contributed by atoms with Crippen LogP contribution in [0.3, 0.4) is 0 Å². The van der Waals surface area contributed by atoms with Crippen molar-refractivity contribution in [2.24, 2.45) is 0 Å². The zero-order valence-electron chi connectivity index (χ0n) is 11.2. The smallest absolute Gasteiger partial charge is 0.307 e. The highest BCUT2D eigenvalue weighted by molar-refractivity contribution is 5.81. The van der Waals surface area contributed by atoms with E-state index in [2.05, 4.69) is 15.5 Å². The van der Waals surface area contributed by atoms with Crippen molar-refractivity contribution >= 4 is 11.9 Å². The van der Waals surface area contributed by atoms with Crippen LogP contribution in [0.25, 0.3) is 0 Å². The van der Waals surface area contributed by atoms with Gasteiger partial charge in [-0.3, -0.25) is 14.5 Å². The first-order valence-corrected chi connectivity index (χ1v) is 6.53.